The number of hydrogen-bond donors (Lipinski definition) is 1. The average Bonchev–Trinajstić information content (AvgIpc) is 2.61. The van der Waals surface area contributed by atoms with Gasteiger partial charge in [0, 0.05) is 12.5 Å². The Morgan fingerprint density at radius 3 is 2.46 bits per heavy atom. The standard InChI is InChI=1S/C19H25NO4/c1-3-4-5-9-12-16(21)18(19(23)24-2)20-17(22)14-13-15-10-7-6-8-11-15/h6-8,10-11,13-14,18H,3-5,9,12H2,1-2H3,(H,20,22). The number of unbranched alkanes of at least 4 members (excludes halogenated alkanes) is 3. The molecule has 1 rings (SSSR count). The minimum absolute atomic E-state index is 0.252. The highest BCUT2D eigenvalue weighted by Crippen LogP contribution is 2.06. The fraction of sp³-hybridized carbons (Fsp3) is 0.421. The van der Waals surface area contributed by atoms with Crippen LogP contribution in [0.5, 0.6) is 0 Å². The highest BCUT2D eigenvalue weighted by molar-refractivity contribution is 6.07. The monoisotopic (exact) mass is 331 g/mol. The number of hydrogen-bond acceptors (Lipinski definition) is 4. The maximum Gasteiger partial charge on any atom is 0.336 e. The average molecular weight is 331 g/mol. The van der Waals surface area contributed by atoms with Crippen molar-refractivity contribution in [3.63, 3.8) is 0 Å². The van der Waals surface area contributed by atoms with Gasteiger partial charge in [-0.2, -0.15) is 0 Å². The van der Waals surface area contributed by atoms with Crippen molar-refractivity contribution in [3.05, 3.63) is 42.0 Å². The van der Waals surface area contributed by atoms with E-state index < -0.39 is 17.9 Å². The number of nitrogens with one attached hydrogen (secondary N) is 1. The second kappa shape index (κ2) is 11.2. The van der Waals surface area contributed by atoms with E-state index >= 15 is 0 Å². The zero-order valence-corrected chi connectivity index (χ0v) is 14.3. The number of methoxy groups -OCH3 is 1. The molecule has 5 nitrogen and oxygen atoms in total. The molecule has 24 heavy (non-hydrogen) atoms. The molecule has 5 heteroatoms. The van der Waals surface area contributed by atoms with Gasteiger partial charge in [0.1, 0.15) is 0 Å². The highest BCUT2D eigenvalue weighted by Gasteiger charge is 2.27. The second-order valence-corrected chi connectivity index (χ2v) is 5.49. The van der Waals surface area contributed by atoms with Gasteiger partial charge in [-0.15, -0.1) is 0 Å². The summed E-state index contributed by atoms with van der Waals surface area (Å²) in [5.74, 6) is -1.56. The summed E-state index contributed by atoms with van der Waals surface area (Å²) in [7, 11) is 1.20. The molecule has 1 unspecified atom stereocenters. The Morgan fingerprint density at radius 1 is 1.12 bits per heavy atom. The van der Waals surface area contributed by atoms with Gasteiger partial charge in [-0.05, 0) is 18.1 Å². The summed E-state index contributed by atoms with van der Waals surface area (Å²) in [5, 5.41) is 2.43. The molecule has 0 saturated heterocycles. The SMILES string of the molecule is CCCCCCC(=O)C(NC(=O)C=Cc1ccccc1)C(=O)OC. The molecule has 0 spiro atoms. The van der Waals surface area contributed by atoms with Crippen molar-refractivity contribution in [2.45, 2.75) is 45.1 Å². The summed E-state index contributed by atoms with van der Waals surface area (Å²) in [4.78, 5) is 35.9. The predicted octanol–water partition coefficient (Wildman–Crippen LogP) is 2.90. The molecule has 1 aromatic rings. The van der Waals surface area contributed by atoms with E-state index in [9.17, 15) is 14.4 Å². The van der Waals surface area contributed by atoms with Crippen molar-refractivity contribution in [2.75, 3.05) is 7.11 Å². The van der Waals surface area contributed by atoms with Crippen LogP contribution in [-0.2, 0) is 19.1 Å². The number of ketones is 1. The predicted molar refractivity (Wildman–Crippen MR) is 93.2 cm³/mol. The molecule has 0 aliphatic rings. The molecule has 0 radical (unpaired) electrons. The first-order chi connectivity index (χ1) is 11.6. The topological polar surface area (TPSA) is 72.5 Å². The first kappa shape index (κ1) is 19.6. The van der Waals surface area contributed by atoms with Gasteiger partial charge >= 0.3 is 5.97 Å². The summed E-state index contributed by atoms with van der Waals surface area (Å²) in [6.07, 6.45) is 6.92. The highest BCUT2D eigenvalue weighted by atomic mass is 16.5. The van der Waals surface area contributed by atoms with Crippen LogP contribution in [0.3, 0.4) is 0 Å². The van der Waals surface area contributed by atoms with Crippen LogP contribution in [0.1, 0.15) is 44.6 Å². The van der Waals surface area contributed by atoms with E-state index in [0.29, 0.717) is 6.42 Å². The van der Waals surface area contributed by atoms with E-state index in [1.165, 1.54) is 13.2 Å². The van der Waals surface area contributed by atoms with E-state index in [0.717, 1.165) is 24.8 Å². The molecule has 0 aliphatic carbocycles. The van der Waals surface area contributed by atoms with Gasteiger partial charge in [0.15, 0.2) is 11.8 Å². The Kier molecular flexibility index (Phi) is 9.12. The third kappa shape index (κ3) is 7.22. The van der Waals surface area contributed by atoms with Gasteiger partial charge in [-0.25, -0.2) is 4.79 Å². The van der Waals surface area contributed by atoms with Crippen LogP contribution in [0.2, 0.25) is 0 Å². The quantitative estimate of drug-likeness (QED) is 0.310. The van der Waals surface area contributed by atoms with Crippen LogP contribution in [0.15, 0.2) is 36.4 Å². The first-order valence-corrected chi connectivity index (χ1v) is 8.22. The molecule has 1 atom stereocenters. The molecule has 0 saturated carbocycles. The van der Waals surface area contributed by atoms with Gasteiger partial charge in [-0.3, -0.25) is 9.59 Å². The zero-order valence-electron chi connectivity index (χ0n) is 14.3. The maximum absolute atomic E-state index is 12.2. The van der Waals surface area contributed by atoms with Crippen molar-refractivity contribution < 1.29 is 19.1 Å². The number of esters is 1. The summed E-state index contributed by atoms with van der Waals surface area (Å²) >= 11 is 0. The number of carbonyl (C=O) groups excluding carboxylic acids is 3. The van der Waals surface area contributed by atoms with Crippen LogP contribution in [-0.4, -0.2) is 30.8 Å². The third-order valence-electron chi connectivity index (χ3n) is 3.55. The summed E-state index contributed by atoms with van der Waals surface area (Å²) in [6.45, 7) is 2.08. The van der Waals surface area contributed by atoms with Crippen molar-refractivity contribution >= 4 is 23.7 Å². The lowest BCUT2D eigenvalue weighted by Gasteiger charge is -2.14. The van der Waals surface area contributed by atoms with Crippen molar-refractivity contribution in [2.24, 2.45) is 0 Å². The fourth-order valence-corrected chi connectivity index (χ4v) is 2.19. The van der Waals surface area contributed by atoms with Gasteiger partial charge in [0.05, 0.1) is 7.11 Å². The Bertz CT molecular complexity index is 566. The summed E-state index contributed by atoms with van der Waals surface area (Å²) < 4.78 is 4.63. The lowest BCUT2D eigenvalue weighted by Crippen LogP contribution is -2.46. The van der Waals surface area contributed by atoms with Crippen molar-refractivity contribution in [1.82, 2.24) is 5.32 Å². The molecule has 1 aromatic carbocycles. The molecule has 0 heterocycles. The third-order valence-corrected chi connectivity index (χ3v) is 3.55. The van der Waals surface area contributed by atoms with E-state index in [2.05, 4.69) is 17.0 Å². The van der Waals surface area contributed by atoms with Crippen LogP contribution in [0, 0.1) is 0 Å². The van der Waals surface area contributed by atoms with Crippen LogP contribution in [0.25, 0.3) is 6.08 Å². The summed E-state index contributed by atoms with van der Waals surface area (Å²) in [6, 6.07) is 8.04. The van der Waals surface area contributed by atoms with Crippen molar-refractivity contribution in [1.29, 1.82) is 0 Å². The summed E-state index contributed by atoms with van der Waals surface area (Å²) in [5.41, 5.74) is 0.855. The molecule has 0 aromatic heterocycles. The zero-order chi connectivity index (χ0) is 17.8. The molecule has 1 amide bonds. The Balaban J connectivity index is 2.61. The molecule has 0 aliphatic heterocycles. The van der Waals surface area contributed by atoms with E-state index in [1.807, 2.05) is 30.3 Å². The molecular formula is C19H25NO4. The van der Waals surface area contributed by atoms with Gasteiger partial charge in [0.25, 0.3) is 0 Å². The fourth-order valence-electron chi connectivity index (χ4n) is 2.19. The lowest BCUT2D eigenvalue weighted by atomic mass is 10.0. The maximum atomic E-state index is 12.2. The lowest BCUT2D eigenvalue weighted by molar-refractivity contribution is -0.148. The molecule has 130 valence electrons. The molecule has 0 fully saturated rings. The molecular weight excluding hydrogens is 306 g/mol. The molecule has 1 N–H and O–H groups in total. The minimum atomic E-state index is -1.25. The largest absolute Gasteiger partial charge is 0.467 e. The normalized spacial score (nSPS) is 11.9. The van der Waals surface area contributed by atoms with Crippen LogP contribution < -0.4 is 5.32 Å². The second-order valence-electron chi connectivity index (χ2n) is 5.49. The number of rotatable bonds is 10. The van der Waals surface area contributed by atoms with Gasteiger partial charge in [0.2, 0.25) is 5.91 Å². The van der Waals surface area contributed by atoms with Crippen LogP contribution >= 0.6 is 0 Å². The van der Waals surface area contributed by atoms with E-state index in [-0.39, 0.29) is 12.2 Å². The van der Waals surface area contributed by atoms with Crippen LogP contribution in [0.4, 0.5) is 0 Å². The number of Topliss-reactive ketones (excluding diaryl/α,β-unsaturated/α-hetero) is 1. The number of benzene rings is 1. The number of ether oxygens (including phenoxy) is 1. The van der Waals surface area contributed by atoms with E-state index in [1.54, 1.807) is 6.08 Å². The Morgan fingerprint density at radius 2 is 1.83 bits per heavy atom. The Hall–Kier alpha value is -2.43. The number of amides is 1. The first-order valence-electron chi connectivity index (χ1n) is 8.22. The number of carbonyl (C=O) groups is 3. The van der Waals surface area contributed by atoms with Gasteiger partial charge in [-0.1, -0.05) is 56.5 Å². The van der Waals surface area contributed by atoms with Crippen molar-refractivity contribution in [3.8, 4) is 0 Å². The smallest absolute Gasteiger partial charge is 0.336 e. The van der Waals surface area contributed by atoms with E-state index in [4.69, 9.17) is 0 Å². The molecule has 0 bridgehead atoms. The Labute approximate surface area is 143 Å². The van der Waals surface area contributed by atoms with Gasteiger partial charge < -0.3 is 10.1 Å². The minimum Gasteiger partial charge on any atom is -0.467 e.